The van der Waals surface area contributed by atoms with Crippen molar-refractivity contribution < 1.29 is 19.1 Å². The van der Waals surface area contributed by atoms with Crippen LogP contribution in [0.1, 0.15) is 42.1 Å². The van der Waals surface area contributed by atoms with Gasteiger partial charge in [0.2, 0.25) is 5.76 Å². The third kappa shape index (κ3) is 4.67. The smallest absolute Gasteiger partial charge is 0.371 e. The van der Waals surface area contributed by atoms with Crippen LogP contribution in [0.4, 0.5) is 0 Å². The lowest BCUT2D eigenvalue weighted by Crippen LogP contribution is -1.96. The molecule has 0 aliphatic heterocycles. The van der Waals surface area contributed by atoms with Gasteiger partial charge in [0.1, 0.15) is 18.1 Å². The van der Waals surface area contributed by atoms with E-state index < -0.39 is 5.97 Å². The summed E-state index contributed by atoms with van der Waals surface area (Å²) in [4.78, 5) is 10.7. The number of hydrogen-bond donors (Lipinski definition) is 1. The summed E-state index contributed by atoms with van der Waals surface area (Å²) < 4.78 is 10.7. The van der Waals surface area contributed by atoms with Crippen LogP contribution in [0.25, 0.3) is 0 Å². The Kier molecular flexibility index (Phi) is 5.04. The monoisotopic (exact) mass is 288 g/mol. The highest BCUT2D eigenvalue weighted by Crippen LogP contribution is 2.17. The topological polar surface area (TPSA) is 59.7 Å². The van der Waals surface area contributed by atoms with Crippen LogP contribution >= 0.6 is 0 Å². The van der Waals surface area contributed by atoms with E-state index >= 15 is 0 Å². The Morgan fingerprint density at radius 2 is 1.90 bits per heavy atom. The molecular formula is C17H20O4. The zero-order valence-corrected chi connectivity index (χ0v) is 12.3. The molecule has 1 heterocycles. The first-order chi connectivity index (χ1) is 10.0. The van der Waals surface area contributed by atoms with Crippen LogP contribution in [0.2, 0.25) is 0 Å². The van der Waals surface area contributed by atoms with Gasteiger partial charge in [-0.1, -0.05) is 26.0 Å². The summed E-state index contributed by atoms with van der Waals surface area (Å²) in [5, 5.41) is 8.77. The predicted molar refractivity (Wildman–Crippen MR) is 79.6 cm³/mol. The molecule has 0 saturated carbocycles. The Morgan fingerprint density at radius 3 is 2.48 bits per heavy atom. The van der Waals surface area contributed by atoms with Crippen LogP contribution in [-0.4, -0.2) is 11.1 Å². The Morgan fingerprint density at radius 1 is 1.19 bits per heavy atom. The molecule has 0 unspecified atom stereocenters. The molecule has 0 radical (unpaired) electrons. The Bertz CT molecular complexity index is 581. The summed E-state index contributed by atoms with van der Waals surface area (Å²) in [7, 11) is 0. The normalized spacial score (nSPS) is 10.8. The van der Waals surface area contributed by atoms with Crippen molar-refractivity contribution in [3.63, 3.8) is 0 Å². The Balaban J connectivity index is 1.86. The quantitative estimate of drug-likeness (QED) is 0.831. The van der Waals surface area contributed by atoms with E-state index in [-0.39, 0.29) is 12.4 Å². The van der Waals surface area contributed by atoms with Gasteiger partial charge in [0.15, 0.2) is 0 Å². The van der Waals surface area contributed by atoms with E-state index in [2.05, 4.69) is 26.0 Å². The van der Waals surface area contributed by atoms with E-state index in [1.807, 2.05) is 12.1 Å². The number of aryl methyl sites for hydroxylation is 1. The number of carboxylic acids is 1. The Labute approximate surface area is 124 Å². The van der Waals surface area contributed by atoms with Gasteiger partial charge >= 0.3 is 5.97 Å². The molecule has 0 bridgehead atoms. The van der Waals surface area contributed by atoms with E-state index in [0.717, 1.165) is 12.2 Å². The number of hydrogen-bond acceptors (Lipinski definition) is 3. The van der Waals surface area contributed by atoms with Crippen LogP contribution in [0.15, 0.2) is 40.8 Å². The highest BCUT2D eigenvalue weighted by molar-refractivity contribution is 5.84. The van der Waals surface area contributed by atoms with Crippen molar-refractivity contribution in [2.24, 2.45) is 5.92 Å². The molecule has 21 heavy (non-hydrogen) atoms. The predicted octanol–water partition coefficient (Wildman–Crippen LogP) is 4.15. The lowest BCUT2D eigenvalue weighted by Gasteiger charge is -2.07. The molecule has 2 rings (SSSR count). The second-order valence-electron chi connectivity index (χ2n) is 5.44. The average molecular weight is 288 g/mol. The van der Waals surface area contributed by atoms with E-state index in [0.29, 0.717) is 11.7 Å². The maximum Gasteiger partial charge on any atom is 0.371 e. The summed E-state index contributed by atoms with van der Waals surface area (Å²) in [6.07, 6.45) is 2.24. The minimum atomic E-state index is -1.07. The molecule has 1 aromatic carbocycles. The molecule has 0 fully saturated rings. The van der Waals surface area contributed by atoms with Gasteiger partial charge in [0, 0.05) is 0 Å². The molecule has 4 nitrogen and oxygen atoms in total. The van der Waals surface area contributed by atoms with Crippen molar-refractivity contribution in [2.75, 3.05) is 0 Å². The molecule has 0 spiro atoms. The zero-order valence-electron chi connectivity index (χ0n) is 12.3. The average Bonchev–Trinajstić information content (AvgIpc) is 2.93. The lowest BCUT2D eigenvalue weighted by atomic mass is 10.0. The van der Waals surface area contributed by atoms with Crippen molar-refractivity contribution in [2.45, 2.75) is 33.3 Å². The fraction of sp³-hybridized carbons (Fsp3) is 0.353. The van der Waals surface area contributed by atoms with Gasteiger partial charge in [0.25, 0.3) is 0 Å². The number of carbonyl (C=O) groups is 1. The first-order valence-electron chi connectivity index (χ1n) is 7.08. The largest absolute Gasteiger partial charge is 0.486 e. The standard InChI is InChI=1S/C17H20O4/c1-12(2)3-4-13-5-7-14(8-6-13)20-11-15-9-10-16(21-15)17(18)19/h5-10,12H,3-4,11H2,1-2H3,(H,18,19). The molecular weight excluding hydrogens is 268 g/mol. The van der Waals surface area contributed by atoms with E-state index in [4.69, 9.17) is 14.3 Å². The molecule has 112 valence electrons. The van der Waals surface area contributed by atoms with Gasteiger partial charge in [-0.05, 0) is 48.6 Å². The maximum atomic E-state index is 10.7. The van der Waals surface area contributed by atoms with E-state index in [1.54, 1.807) is 6.07 Å². The van der Waals surface area contributed by atoms with Gasteiger partial charge in [0.05, 0.1) is 0 Å². The molecule has 0 aliphatic carbocycles. The summed E-state index contributed by atoms with van der Waals surface area (Å²) in [5.41, 5.74) is 1.29. The lowest BCUT2D eigenvalue weighted by molar-refractivity contribution is 0.0658. The van der Waals surface area contributed by atoms with E-state index in [1.165, 1.54) is 18.1 Å². The minimum Gasteiger partial charge on any atom is -0.486 e. The molecule has 0 atom stereocenters. The number of aromatic carboxylic acids is 1. The summed E-state index contributed by atoms with van der Waals surface area (Å²) in [5.74, 6) is 0.796. The second-order valence-corrected chi connectivity index (χ2v) is 5.44. The van der Waals surface area contributed by atoms with Crippen LogP contribution in [0, 0.1) is 5.92 Å². The number of rotatable bonds is 7. The first-order valence-corrected chi connectivity index (χ1v) is 7.08. The van der Waals surface area contributed by atoms with Crippen LogP contribution in [-0.2, 0) is 13.0 Å². The third-order valence-electron chi connectivity index (χ3n) is 3.19. The molecule has 0 aliphatic rings. The highest BCUT2D eigenvalue weighted by atomic mass is 16.5. The number of ether oxygens (including phenoxy) is 1. The number of furan rings is 1. The van der Waals surface area contributed by atoms with Gasteiger partial charge in [-0.2, -0.15) is 0 Å². The zero-order chi connectivity index (χ0) is 15.2. The minimum absolute atomic E-state index is 0.0716. The van der Waals surface area contributed by atoms with Crippen molar-refractivity contribution in [3.05, 3.63) is 53.5 Å². The third-order valence-corrected chi connectivity index (χ3v) is 3.19. The molecule has 1 aromatic heterocycles. The Hall–Kier alpha value is -2.23. The van der Waals surface area contributed by atoms with Gasteiger partial charge in [-0.25, -0.2) is 4.79 Å². The molecule has 0 amide bonds. The number of carboxylic acid groups (broad SMARTS) is 1. The molecule has 2 aromatic rings. The van der Waals surface area contributed by atoms with Crippen LogP contribution in [0.5, 0.6) is 5.75 Å². The fourth-order valence-electron chi connectivity index (χ4n) is 1.93. The fourth-order valence-corrected chi connectivity index (χ4v) is 1.93. The SMILES string of the molecule is CC(C)CCc1ccc(OCc2ccc(C(=O)O)o2)cc1. The molecule has 1 N–H and O–H groups in total. The van der Waals surface area contributed by atoms with Gasteiger partial charge in [-0.15, -0.1) is 0 Å². The number of benzene rings is 1. The summed E-state index contributed by atoms with van der Waals surface area (Å²) >= 11 is 0. The van der Waals surface area contributed by atoms with Gasteiger partial charge in [-0.3, -0.25) is 0 Å². The highest BCUT2D eigenvalue weighted by Gasteiger charge is 2.09. The van der Waals surface area contributed by atoms with Crippen molar-refractivity contribution >= 4 is 5.97 Å². The second kappa shape index (κ2) is 6.97. The van der Waals surface area contributed by atoms with Gasteiger partial charge < -0.3 is 14.3 Å². The van der Waals surface area contributed by atoms with Crippen molar-refractivity contribution in [3.8, 4) is 5.75 Å². The molecule has 0 saturated heterocycles. The molecule has 4 heteroatoms. The van der Waals surface area contributed by atoms with E-state index in [9.17, 15) is 4.79 Å². The van der Waals surface area contributed by atoms with Crippen LogP contribution < -0.4 is 4.74 Å². The maximum absolute atomic E-state index is 10.7. The van der Waals surface area contributed by atoms with Crippen LogP contribution in [0.3, 0.4) is 0 Å². The first kappa shape index (κ1) is 15.2. The summed E-state index contributed by atoms with van der Waals surface area (Å²) in [6, 6.07) is 11.0. The van der Waals surface area contributed by atoms with Crippen molar-refractivity contribution in [1.82, 2.24) is 0 Å². The van der Waals surface area contributed by atoms with Crippen molar-refractivity contribution in [1.29, 1.82) is 0 Å². The summed E-state index contributed by atoms with van der Waals surface area (Å²) in [6.45, 7) is 4.65.